The van der Waals surface area contributed by atoms with E-state index in [0.717, 1.165) is 11.1 Å². The molecule has 108 valence electrons. The zero-order valence-corrected chi connectivity index (χ0v) is 11.8. The molecule has 2 rings (SSSR count). The molecule has 0 radical (unpaired) electrons. The number of hydrogen-bond acceptors (Lipinski definition) is 3. The number of nitrogens with zero attached hydrogens (tertiary/aromatic N) is 1. The highest BCUT2D eigenvalue weighted by Crippen LogP contribution is 2.03. The fraction of sp³-hybridized carbons (Fsp3) is 0.188. The fourth-order valence-electron chi connectivity index (χ4n) is 1.81. The maximum Gasteiger partial charge on any atom is 0.251 e. The van der Waals surface area contributed by atoms with Crippen LogP contribution in [0.3, 0.4) is 0 Å². The summed E-state index contributed by atoms with van der Waals surface area (Å²) in [5.74, 6) is -0.491. The molecule has 0 fully saturated rings. The van der Waals surface area contributed by atoms with Crippen LogP contribution in [0.25, 0.3) is 0 Å². The van der Waals surface area contributed by atoms with Crippen molar-refractivity contribution in [3.8, 4) is 0 Å². The summed E-state index contributed by atoms with van der Waals surface area (Å²) >= 11 is 0. The van der Waals surface area contributed by atoms with Crippen LogP contribution < -0.4 is 10.6 Å². The summed E-state index contributed by atoms with van der Waals surface area (Å²) in [6, 6.07) is 10.9. The van der Waals surface area contributed by atoms with Crippen molar-refractivity contribution in [1.82, 2.24) is 15.6 Å². The van der Waals surface area contributed by atoms with Gasteiger partial charge in [0.05, 0.1) is 6.54 Å². The van der Waals surface area contributed by atoms with Crippen LogP contribution in [0.2, 0.25) is 0 Å². The van der Waals surface area contributed by atoms with Crippen LogP contribution in [0.15, 0.2) is 48.8 Å². The lowest BCUT2D eigenvalue weighted by atomic mass is 10.1. The molecule has 1 heterocycles. The van der Waals surface area contributed by atoms with Gasteiger partial charge >= 0.3 is 0 Å². The van der Waals surface area contributed by atoms with Crippen molar-refractivity contribution < 1.29 is 9.59 Å². The fourth-order valence-corrected chi connectivity index (χ4v) is 1.81. The SMILES string of the molecule is Cc1cccc(C(=O)NCC(=O)NCc2cccnc2)c1. The van der Waals surface area contributed by atoms with Crippen molar-refractivity contribution in [3.63, 3.8) is 0 Å². The molecule has 1 aromatic carbocycles. The van der Waals surface area contributed by atoms with Crippen molar-refractivity contribution in [2.24, 2.45) is 0 Å². The number of amides is 2. The van der Waals surface area contributed by atoms with E-state index in [1.54, 1.807) is 30.6 Å². The highest BCUT2D eigenvalue weighted by molar-refractivity contribution is 5.96. The van der Waals surface area contributed by atoms with Crippen LogP contribution in [-0.2, 0) is 11.3 Å². The summed E-state index contributed by atoms with van der Waals surface area (Å²) in [5.41, 5.74) is 2.47. The first-order valence-electron chi connectivity index (χ1n) is 6.65. The smallest absolute Gasteiger partial charge is 0.251 e. The minimum atomic E-state index is -0.254. The normalized spacial score (nSPS) is 9.95. The molecule has 2 aromatic rings. The van der Waals surface area contributed by atoms with E-state index in [2.05, 4.69) is 15.6 Å². The molecule has 0 spiro atoms. The first-order chi connectivity index (χ1) is 10.1. The quantitative estimate of drug-likeness (QED) is 0.872. The van der Waals surface area contributed by atoms with Gasteiger partial charge < -0.3 is 10.6 Å². The molecule has 0 bridgehead atoms. The summed E-state index contributed by atoms with van der Waals surface area (Å²) in [6.07, 6.45) is 3.36. The van der Waals surface area contributed by atoms with E-state index in [-0.39, 0.29) is 18.4 Å². The summed E-state index contributed by atoms with van der Waals surface area (Å²) in [6.45, 7) is 2.26. The number of carbonyl (C=O) groups excluding carboxylic acids is 2. The molecule has 0 aliphatic carbocycles. The number of carbonyl (C=O) groups is 2. The summed E-state index contributed by atoms with van der Waals surface area (Å²) in [4.78, 5) is 27.5. The summed E-state index contributed by atoms with van der Waals surface area (Å²) in [5, 5.41) is 5.32. The Kier molecular flexibility index (Phi) is 5.04. The second kappa shape index (κ2) is 7.19. The van der Waals surface area contributed by atoms with E-state index in [9.17, 15) is 9.59 Å². The largest absolute Gasteiger partial charge is 0.350 e. The van der Waals surface area contributed by atoms with Crippen LogP contribution >= 0.6 is 0 Å². The van der Waals surface area contributed by atoms with Crippen LogP contribution in [0.1, 0.15) is 21.5 Å². The Morgan fingerprint density at radius 3 is 2.71 bits per heavy atom. The minimum absolute atomic E-state index is 0.0486. The van der Waals surface area contributed by atoms with Gasteiger partial charge in [-0.1, -0.05) is 23.8 Å². The van der Waals surface area contributed by atoms with Crippen LogP contribution in [-0.4, -0.2) is 23.3 Å². The van der Waals surface area contributed by atoms with Gasteiger partial charge in [-0.3, -0.25) is 14.6 Å². The average Bonchev–Trinajstić information content (AvgIpc) is 2.51. The number of benzene rings is 1. The van der Waals surface area contributed by atoms with Gasteiger partial charge in [0.2, 0.25) is 5.91 Å². The third-order valence-corrected chi connectivity index (χ3v) is 2.90. The topological polar surface area (TPSA) is 71.1 Å². The van der Waals surface area contributed by atoms with Crippen molar-refractivity contribution >= 4 is 11.8 Å². The molecule has 2 N–H and O–H groups in total. The number of aryl methyl sites for hydroxylation is 1. The number of rotatable bonds is 5. The van der Waals surface area contributed by atoms with E-state index >= 15 is 0 Å². The Balaban J connectivity index is 1.77. The number of pyridine rings is 1. The van der Waals surface area contributed by atoms with Crippen molar-refractivity contribution in [1.29, 1.82) is 0 Å². The number of aromatic nitrogens is 1. The van der Waals surface area contributed by atoms with Crippen LogP contribution in [0.5, 0.6) is 0 Å². The molecular formula is C16H17N3O2. The van der Waals surface area contributed by atoms with E-state index in [1.807, 2.05) is 25.1 Å². The highest BCUT2D eigenvalue weighted by Gasteiger charge is 2.07. The van der Waals surface area contributed by atoms with Crippen molar-refractivity contribution in [2.75, 3.05) is 6.54 Å². The first kappa shape index (κ1) is 14.7. The highest BCUT2D eigenvalue weighted by atomic mass is 16.2. The summed E-state index contributed by atoms with van der Waals surface area (Å²) in [7, 11) is 0. The lowest BCUT2D eigenvalue weighted by Crippen LogP contribution is -2.36. The monoisotopic (exact) mass is 283 g/mol. The van der Waals surface area contributed by atoms with Crippen LogP contribution in [0, 0.1) is 6.92 Å². The Labute approximate surface area is 123 Å². The summed E-state index contributed by atoms with van der Waals surface area (Å²) < 4.78 is 0. The predicted octanol–water partition coefficient (Wildman–Crippen LogP) is 1.44. The van der Waals surface area contributed by atoms with E-state index in [1.165, 1.54) is 0 Å². The zero-order valence-electron chi connectivity index (χ0n) is 11.8. The molecule has 0 atom stereocenters. The molecule has 0 aliphatic rings. The predicted molar refractivity (Wildman–Crippen MR) is 79.6 cm³/mol. The molecule has 2 amide bonds. The maximum absolute atomic E-state index is 11.9. The molecule has 1 aromatic heterocycles. The lowest BCUT2D eigenvalue weighted by Gasteiger charge is -2.07. The van der Waals surface area contributed by atoms with Gasteiger partial charge in [-0.25, -0.2) is 0 Å². The molecular weight excluding hydrogens is 266 g/mol. The molecule has 0 saturated heterocycles. The van der Waals surface area contributed by atoms with Gasteiger partial charge in [-0.05, 0) is 30.7 Å². The van der Waals surface area contributed by atoms with Gasteiger partial charge in [0, 0.05) is 24.5 Å². The molecule has 21 heavy (non-hydrogen) atoms. The standard InChI is InChI=1S/C16H17N3O2/c1-12-4-2-6-14(8-12)16(21)19-11-15(20)18-10-13-5-3-7-17-9-13/h2-9H,10-11H2,1H3,(H,18,20)(H,19,21). The van der Waals surface area contributed by atoms with E-state index in [4.69, 9.17) is 0 Å². The molecule has 0 unspecified atom stereocenters. The molecule has 0 aliphatic heterocycles. The van der Waals surface area contributed by atoms with Gasteiger partial charge in [0.25, 0.3) is 5.91 Å². The minimum Gasteiger partial charge on any atom is -0.350 e. The second-order valence-corrected chi connectivity index (χ2v) is 4.69. The molecule has 0 saturated carbocycles. The second-order valence-electron chi connectivity index (χ2n) is 4.69. The maximum atomic E-state index is 11.9. The van der Waals surface area contributed by atoms with Gasteiger partial charge in [0.15, 0.2) is 0 Å². The van der Waals surface area contributed by atoms with E-state index in [0.29, 0.717) is 12.1 Å². The van der Waals surface area contributed by atoms with Gasteiger partial charge in [-0.2, -0.15) is 0 Å². The third-order valence-electron chi connectivity index (χ3n) is 2.90. The van der Waals surface area contributed by atoms with Crippen molar-refractivity contribution in [2.45, 2.75) is 13.5 Å². The first-order valence-corrected chi connectivity index (χ1v) is 6.65. The van der Waals surface area contributed by atoms with Crippen molar-refractivity contribution in [3.05, 3.63) is 65.5 Å². The Morgan fingerprint density at radius 1 is 1.14 bits per heavy atom. The number of nitrogens with one attached hydrogen (secondary N) is 2. The van der Waals surface area contributed by atoms with Gasteiger partial charge in [0.1, 0.15) is 0 Å². The molecule has 5 heteroatoms. The lowest BCUT2D eigenvalue weighted by molar-refractivity contribution is -0.120. The number of hydrogen-bond donors (Lipinski definition) is 2. The zero-order chi connectivity index (χ0) is 15.1. The van der Waals surface area contributed by atoms with E-state index < -0.39 is 0 Å². The van der Waals surface area contributed by atoms with Gasteiger partial charge in [-0.15, -0.1) is 0 Å². The third kappa shape index (κ3) is 4.72. The molecule has 5 nitrogen and oxygen atoms in total. The Hall–Kier alpha value is -2.69. The Morgan fingerprint density at radius 2 is 2.00 bits per heavy atom. The van der Waals surface area contributed by atoms with Crippen LogP contribution in [0.4, 0.5) is 0 Å². The Bertz CT molecular complexity index is 626. The average molecular weight is 283 g/mol.